The van der Waals surface area contributed by atoms with E-state index in [0.29, 0.717) is 27.8 Å². The maximum atomic E-state index is 13.4. The smallest absolute Gasteiger partial charge is 0.269 e. The van der Waals surface area contributed by atoms with Gasteiger partial charge in [0.25, 0.3) is 5.91 Å². The molecule has 0 unspecified atom stereocenters. The molecule has 1 saturated heterocycles. The molecule has 1 fully saturated rings. The van der Waals surface area contributed by atoms with E-state index in [-0.39, 0.29) is 11.5 Å². The van der Waals surface area contributed by atoms with Crippen molar-refractivity contribution in [1.29, 1.82) is 5.26 Å². The molecule has 5 nitrogen and oxygen atoms in total. The minimum absolute atomic E-state index is 0.117. The summed E-state index contributed by atoms with van der Waals surface area (Å²) in [5.74, 6) is -0.759. The average Bonchev–Trinajstić information content (AvgIpc) is 3.12. The first kappa shape index (κ1) is 23.1. The highest BCUT2D eigenvalue weighted by Crippen LogP contribution is 2.42. The van der Waals surface area contributed by atoms with Crippen LogP contribution in [0.15, 0.2) is 93.9 Å². The van der Waals surface area contributed by atoms with Gasteiger partial charge < -0.3 is 5.32 Å². The quantitative estimate of drug-likeness (QED) is 0.312. The molecule has 1 aliphatic heterocycles. The van der Waals surface area contributed by atoms with Crippen molar-refractivity contribution in [3.63, 3.8) is 0 Å². The van der Waals surface area contributed by atoms with E-state index in [1.807, 2.05) is 42.5 Å². The molecule has 8 heteroatoms. The van der Waals surface area contributed by atoms with E-state index < -0.39 is 11.2 Å². The van der Waals surface area contributed by atoms with Crippen molar-refractivity contribution < 1.29 is 9.59 Å². The Morgan fingerprint density at radius 1 is 1.09 bits per heavy atom. The molecular weight excluding hydrogens is 522 g/mol. The lowest BCUT2D eigenvalue weighted by molar-refractivity contribution is -0.117. The molecule has 3 aromatic carbocycles. The third-order valence-corrected chi connectivity index (χ3v) is 6.96. The highest BCUT2D eigenvalue weighted by molar-refractivity contribution is 9.10. The van der Waals surface area contributed by atoms with E-state index in [2.05, 4.69) is 21.2 Å². The van der Waals surface area contributed by atoms with Gasteiger partial charge in [-0.1, -0.05) is 69.6 Å². The number of carbonyl (C=O) groups excluding carboxylic acids is 2. The predicted molar refractivity (Wildman–Crippen MR) is 136 cm³/mol. The molecule has 2 amide bonds. The summed E-state index contributed by atoms with van der Waals surface area (Å²) in [4.78, 5) is 27.9. The van der Waals surface area contributed by atoms with Crippen LogP contribution in [0, 0.1) is 11.3 Å². The third-order valence-electron chi connectivity index (χ3n) is 4.93. The molecule has 1 heterocycles. The zero-order valence-corrected chi connectivity index (χ0v) is 20.3. The number of benzene rings is 3. The number of nitriles is 1. The zero-order valence-electron chi connectivity index (χ0n) is 17.2. The van der Waals surface area contributed by atoms with E-state index in [1.54, 1.807) is 42.5 Å². The summed E-state index contributed by atoms with van der Waals surface area (Å²) in [5.41, 5.74) is 1.93. The molecule has 3 aromatic rings. The monoisotopic (exact) mass is 537 g/mol. The minimum atomic E-state index is -0.570. The van der Waals surface area contributed by atoms with Crippen LogP contribution in [0.3, 0.4) is 0 Å². The number of carbonyl (C=O) groups is 2. The summed E-state index contributed by atoms with van der Waals surface area (Å²) in [7, 11) is 0. The summed E-state index contributed by atoms with van der Waals surface area (Å²) < 4.78 is 0.871. The second kappa shape index (κ2) is 10.3. The number of thioether (sulfide) groups is 1. The highest BCUT2D eigenvalue weighted by Gasteiger charge is 2.40. The fourth-order valence-corrected chi connectivity index (χ4v) is 5.19. The van der Waals surface area contributed by atoms with Crippen molar-refractivity contribution in [3.8, 4) is 6.07 Å². The van der Waals surface area contributed by atoms with Crippen LogP contribution in [-0.2, 0) is 16.0 Å². The molecule has 0 radical (unpaired) electrons. The Labute approximate surface area is 209 Å². The van der Waals surface area contributed by atoms with Gasteiger partial charge in [-0.05, 0) is 60.5 Å². The fourth-order valence-electron chi connectivity index (χ4n) is 3.40. The van der Waals surface area contributed by atoms with Crippen molar-refractivity contribution in [2.45, 2.75) is 11.7 Å². The molecule has 33 heavy (non-hydrogen) atoms. The maximum absolute atomic E-state index is 13.4. The zero-order chi connectivity index (χ0) is 23.4. The number of nitrogens with one attached hydrogen (secondary N) is 1. The molecule has 0 aromatic heterocycles. The lowest BCUT2D eigenvalue weighted by Crippen LogP contribution is -2.30. The Morgan fingerprint density at radius 2 is 1.82 bits per heavy atom. The summed E-state index contributed by atoms with van der Waals surface area (Å²) in [6.07, 6.45) is 0.421. The van der Waals surface area contributed by atoms with Crippen molar-refractivity contribution in [2.75, 3.05) is 10.2 Å². The van der Waals surface area contributed by atoms with Crippen LogP contribution >= 0.6 is 39.3 Å². The Hall–Kier alpha value is -3.05. The van der Waals surface area contributed by atoms with Gasteiger partial charge in [-0.2, -0.15) is 5.26 Å². The van der Waals surface area contributed by atoms with Gasteiger partial charge in [-0.25, -0.2) is 0 Å². The number of anilines is 2. The van der Waals surface area contributed by atoms with Crippen LogP contribution in [0.1, 0.15) is 5.56 Å². The van der Waals surface area contributed by atoms with E-state index >= 15 is 0 Å². The van der Waals surface area contributed by atoms with Crippen LogP contribution in [0.5, 0.6) is 0 Å². The predicted octanol–water partition coefficient (Wildman–Crippen LogP) is 6.17. The van der Waals surface area contributed by atoms with Crippen molar-refractivity contribution in [3.05, 3.63) is 105 Å². The van der Waals surface area contributed by atoms with Gasteiger partial charge in [0.05, 0.1) is 5.25 Å². The number of halogens is 2. The van der Waals surface area contributed by atoms with Crippen molar-refractivity contribution in [2.24, 2.45) is 0 Å². The topological polar surface area (TPSA) is 73.2 Å². The standard InChI is InChI=1S/C25H17BrClN3O2S/c26-17-9-11-19(12-10-17)29-23(31)21(15-28)25-30(20-7-2-1-3-8-20)24(32)22(33-25)14-16-5-4-6-18(27)13-16/h1-13,22H,14H2,(H,29,31)/b25-21-/t22-/m1/s1. The Kier molecular flexibility index (Phi) is 7.19. The Bertz CT molecular complexity index is 1270. The molecule has 1 aliphatic rings. The molecule has 4 rings (SSSR count). The fraction of sp³-hybridized carbons (Fsp3) is 0.0800. The lowest BCUT2D eigenvalue weighted by Gasteiger charge is -2.18. The first-order valence-corrected chi connectivity index (χ1v) is 12.0. The van der Waals surface area contributed by atoms with Gasteiger partial charge >= 0.3 is 0 Å². The van der Waals surface area contributed by atoms with Gasteiger partial charge in [0.2, 0.25) is 5.91 Å². The van der Waals surface area contributed by atoms with Gasteiger partial charge in [0.15, 0.2) is 0 Å². The lowest BCUT2D eigenvalue weighted by atomic mass is 10.1. The summed E-state index contributed by atoms with van der Waals surface area (Å²) in [6.45, 7) is 0. The molecule has 0 aliphatic carbocycles. The van der Waals surface area contributed by atoms with E-state index in [4.69, 9.17) is 11.6 Å². The molecule has 1 N–H and O–H groups in total. The minimum Gasteiger partial charge on any atom is -0.321 e. The molecule has 0 bridgehead atoms. The SMILES string of the molecule is N#C/C(C(=O)Nc1ccc(Br)cc1)=C1/S[C@H](Cc2cccc(Cl)c2)C(=O)N1c1ccccc1. The number of hydrogen-bond donors (Lipinski definition) is 1. The first-order valence-electron chi connectivity index (χ1n) is 9.97. The maximum Gasteiger partial charge on any atom is 0.269 e. The second-order valence-corrected chi connectivity index (χ2v) is 9.75. The van der Waals surface area contributed by atoms with E-state index in [1.165, 1.54) is 16.7 Å². The molecule has 0 spiro atoms. The second-order valence-electron chi connectivity index (χ2n) is 7.20. The van der Waals surface area contributed by atoms with Gasteiger partial charge in [0.1, 0.15) is 16.7 Å². The number of rotatable bonds is 5. The van der Waals surface area contributed by atoms with Crippen LogP contribution in [0.25, 0.3) is 0 Å². The molecule has 164 valence electrons. The molecule has 0 saturated carbocycles. The highest BCUT2D eigenvalue weighted by atomic mass is 79.9. The number of nitrogens with zero attached hydrogens (tertiary/aromatic N) is 2. The number of amides is 2. The van der Waals surface area contributed by atoms with Crippen molar-refractivity contribution in [1.82, 2.24) is 0 Å². The van der Waals surface area contributed by atoms with Crippen LogP contribution in [0.4, 0.5) is 11.4 Å². The molecular formula is C25H17BrClN3O2S. The summed E-state index contributed by atoms with van der Waals surface area (Å²) in [6, 6.07) is 25.4. The Morgan fingerprint density at radius 3 is 2.48 bits per heavy atom. The van der Waals surface area contributed by atoms with Gasteiger partial charge in [-0.3, -0.25) is 14.5 Å². The Balaban J connectivity index is 1.71. The van der Waals surface area contributed by atoms with Crippen LogP contribution in [-0.4, -0.2) is 17.1 Å². The third kappa shape index (κ3) is 5.31. The van der Waals surface area contributed by atoms with Gasteiger partial charge in [-0.15, -0.1) is 0 Å². The number of para-hydroxylation sites is 1. The summed E-state index contributed by atoms with van der Waals surface area (Å²) >= 11 is 10.7. The normalized spacial score (nSPS) is 16.9. The van der Waals surface area contributed by atoms with E-state index in [9.17, 15) is 14.9 Å². The van der Waals surface area contributed by atoms with Gasteiger partial charge in [0, 0.05) is 20.9 Å². The first-order chi connectivity index (χ1) is 16.0. The van der Waals surface area contributed by atoms with E-state index in [0.717, 1.165) is 10.0 Å². The largest absolute Gasteiger partial charge is 0.321 e. The van der Waals surface area contributed by atoms with Crippen molar-refractivity contribution >= 4 is 62.5 Å². The van der Waals surface area contributed by atoms with Crippen LogP contribution in [0.2, 0.25) is 5.02 Å². The molecule has 1 atom stereocenters. The summed E-state index contributed by atoms with van der Waals surface area (Å²) in [5, 5.41) is 13.0. The number of hydrogen-bond acceptors (Lipinski definition) is 4. The average molecular weight is 539 g/mol. The van der Waals surface area contributed by atoms with Crippen LogP contribution < -0.4 is 10.2 Å².